The molecule has 2 aliphatic heterocycles. The molecule has 190 valence electrons. The Morgan fingerprint density at radius 3 is 2.43 bits per heavy atom. The highest BCUT2D eigenvalue weighted by molar-refractivity contribution is 6.03. The first-order valence-corrected chi connectivity index (χ1v) is 12.5. The number of carbonyl (C=O) groups excluding carboxylic acids is 3. The molecule has 37 heavy (non-hydrogen) atoms. The summed E-state index contributed by atoms with van der Waals surface area (Å²) in [5, 5.41) is 14.8. The molecule has 2 N–H and O–H groups in total. The van der Waals surface area contributed by atoms with Gasteiger partial charge in [0.1, 0.15) is 6.17 Å². The number of carbonyl (C=O) groups is 3. The lowest BCUT2D eigenvalue weighted by Gasteiger charge is -2.25. The number of imide groups is 1. The van der Waals surface area contributed by atoms with E-state index in [4.69, 9.17) is 5.10 Å². The highest BCUT2D eigenvalue weighted by atomic mass is 16.2. The summed E-state index contributed by atoms with van der Waals surface area (Å²) in [6.45, 7) is 6.53. The molecule has 0 bridgehead atoms. The third-order valence-corrected chi connectivity index (χ3v) is 6.78. The van der Waals surface area contributed by atoms with Gasteiger partial charge in [0.15, 0.2) is 0 Å². The number of hydrogen-bond donors (Lipinski definition) is 2. The number of hydrogen-bond acceptors (Lipinski definition) is 5. The van der Waals surface area contributed by atoms with Gasteiger partial charge in [0.25, 0.3) is 0 Å². The maximum atomic E-state index is 13.1. The number of nitrogens with one attached hydrogen (secondary N) is 2. The molecule has 3 aromatic rings. The lowest BCUT2D eigenvalue weighted by molar-refractivity contribution is -0.139. The van der Waals surface area contributed by atoms with Crippen LogP contribution in [-0.2, 0) is 16.1 Å². The molecule has 1 atom stereocenters. The van der Waals surface area contributed by atoms with Crippen LogP contribution in [0.1, 0.15) is 45.6 Å². The molecule has 1 saturated heterocycles. The summed E-state index contributed by atoms with van der Waals surface area (Å²) in [5.41, 5.74) is 3.15. The minimum Gasteiger partial charge on any atom is -0.315 e. The number of amides is 4. The highest BCUT2D eigenvalue weighted by Gasteiger charge is 2.35. The topological polar surface area (TPSA) is 94.1 Å². The lowest BCUT2D eigenvalue weighted by Crippen LogP contribution is -2.45. The first kappa shape index (κ1) is 24.5. The van der Waals surface area contributed by atoms with Crippen LogP contribution in [0.15, 0.2) is 71.8 Å². The monoisotopic (exact) mass is 497 g/mol. The van der Waals surface area contributed by atoms with Crippen LogP contribution < -0.4 is 15.6 Å². The Bertz CT molecular complexity index is 1390. The minimum atomic E-state index is -0.394. The van der Waals surface area contributed by atoms with Crippen LogP contribution in [0, 0.1) is 5.41 Å². The van der Waals surface area contributed by atoms with Crippen molar-refractivity contribution in [3.05, 3.63) is 72.3 Å². The van der Waals surface area contributed by atoms with Gasteiger partial charge in [-0.2, -0.15) is 5.10 Å². The third kappa shape index (κ3) is 5.18. The molecule has 4 amide bonds. The van der Waals surface area contributed by atoms with Gasteiger partial charge >= 0.3 is 6.03 Å². The van der Waals surface area contributed by atoms with Gasteiger partial charge < -0.3 is 10.6 Å². The van der Waals surface area contributed by atoms with E-state index in [0.717, 1.165) is 33.4 Å². The van der Waals surface area contributed by atoms with E-state index in [1.54, 1.807) is 0 Å². The minimum absolute atomic E-state index is 0.144. The Labute approximate surface area is 216 Å². The molecule has 8 heteroatoms. The smallest absolute Gasteiger partial charge is 0.315 e. The van der Waals surface area contributed by atoms with Crippen molar-refractivity contribution in [1.82, 2.24) is 10.2 Å². The second-order valence-corrected chi connectivity index (χ2v) is 10.5. The SMILES string of the molecule is CC(C)(C)C1=NN(c2cccc(CN3C(=O)CCC3=O)c2)C(NC(=O)Nc2cccc3ccccc23)C1. The molecule has 0 spiro atoms. The van der Waals surface area contributed by atoms with Gasteiger partial charge in [-0.05, 0) is 29.1 Å². The van der Waals surface area contributed by atoms with Crippen LogP contribution in [0.3, 0.4) is 0 Å². The first-order valence-electron chi connectivity index (χ1n) is 12.5. The molecule has 2 aliphatic rings. The Morgan fingerprint density at radius 2 is 1.68 bits per heavy atom. The Hall–Kier alpha value is -4.20. The molecule has 2 heterocycles. The number of likely N-dealkylation sites (tertiary alicyclic amines) is 1. The summed E-state index contributed by atoms with van der Waals surface area (Å²) in [5.74, 6) is -0.288. The number of rotatable bonds is 5. The number of anilines is 2. The predicted octanol–water partition coefficient (Wildman–Crippen LogP) is 5.25. The van der Waals surface area contributed by atoms with Crippen molar-refractivity contribution in [3.63, 3.8) is 0 Å². The van der Waals surface area contributed by atoms with Crippen LogP contribution in [-0.4, -0.2) is 34.6 Å². The van der Waals surface area contributed by atoms with Crippen LogP contribution in [0.4, 0.5) is 16.2 Å². The van der Waals surface area contributed by atoms with Crippen molar-refractivity contribution in [2.24, 2.45) is 10.5 Å². The van der Waals surface area contributed by atoms with E-state index in [1.165, 1.54) is 4.90 Å². The maximum absolute atomic E-state index is 13.1. The Morgan fingerprint density at radius 1 is 0.973 bits per heavy atom. The first-order chi connectivity index (χ1) is 17.7. The molecule has 1 unspecified atom stereocenters. The zero-order valence-electron chi connectivity index (χ0n) is 21.3. The largest absolute Gasteiger partial charge is 0.320 e. The van der Waals surface area contributed by atoms with Gasteiger partial charge in [0.2, 0.25) is 11.8 Å². The normalized spacial score (nSPS) is 17.9. The Balaban J connectivity index is 1.37. The average Bonchev–Trinajstić information content (AvgIpc) is 3.43. The number of benzene rings is 3. The fraction of sp³-hybridized carbons (Fsp3) is 0.310. The van der Waals surface area contributed by atoms with E-state index in [0.29, 0.717) is 6.42 Å². The molecule has 0 radical (unpaired) electrons. The summed E-state index contributed by atoms with van der Waals surface area (Å²) in [4.78, 5) is 38.7. The molecule has 3 aromatic carbocycles. The fourth-order valence-electron chi connectivity index (χ4n) is 4.74. The van der Waals surface area contributed by atoms with Crippen LogP contribution in [0.25, 0.3) is 10.8 Å². The molecular weight excluding hydrogens is 466 g/mol. The van der Waals surface area contributed by atoms with Crippen molar-refractivity contribution in [2.75, 3.05) is 10.3 Å². The number of hydrazone groups is 1. The number of urea groups is 1. The molecule has 5 rings (SSSR count). The van der Waals surface area contributed by atoms with Crippen molar-refractivity contribution in [2.45, 2.75) is 52.7 Å². The van der Waals surface area contributed by atoms with E-state index in [2.05, 4.69) is 31.4 Å². The standard InChI is InChI=1S/C29H31N5O3/c1-29(2,3)24-17-25(31-28(37)30-23-13-7-10-20-9-4-5-12-22(20)23)34(32-24)21-11-6-8-19(16-21)18-33-26(35)14-15-27(33)36/h4-13,16,25H,14-15,17-18H2,1-3H3,(H2,30,31,37). The van der Waals surface area contributed by atoms with Crippen molar-refractivity contribution < 1.29 is 14.4 Å². The van der Waals surface area contributed by atoms with Gasteiger partial charge in [-0.3, -0.25) is 14.5 Å². The maximum Gasteiger partial charge on any atom is 0.320 e. The van der Waals surface area contributed by atoms with Crippen molar-refractivity contribution in [3.8, 4) is 0 Å². The second-order valence-electron chi connectivity index (χ2n) is 10.5. The van der Waals surface area contributed by atoms with Gasteiger partial charge in [0.05, 0.1) is 17.9 Å². The molecule has 0 aromatic heterocycles. The summed E-state index contributed by atoms with van der Waals surface area (Å²) in [7, 11) is 0. The lowest BCUT2D eigenvalue weighted by atomic mass is 9.88. The van der Waals surface area contributed by atoms with Crippen LogP contribution in [0.5, 0.6) is 0 Å². The average molecular weight is 498 g/mol. The molecule has 1 fully saturated rings. The predicted molar refractivity (Wildman–Crippen MR) is 145 cm³/mol. The van der Waals surface area contributed by atoms with Gasteiger partial charge in [-0.1, -0.05) is 69.3 Å². The zero-order chi connectivity index (χ0) is 26.2. The van der Waals surface area contributed by atoms with Gasteiger partial charge in [-0.15, -0.1) is 0 Å². The highest BCUT2D eigenvalue weighted by Crippen LogP contribution is 2.31. The molecule has 8 nitrogen and oxygen atoms in total. The van der Waals surface area contributed by atoms with E-state index in [-0.39, 0.29) is 42.6 Å². The van der Waals surface area contributed by atoms with E-state index in [9.17, 15) is 14.4 Å². The molecule has 0 saturated carbocycles. The van der Waals surface area contributed by atoms with Gasteiger partial charge in [-0.25, -0.2) is 9.80 Å². The molecule has 0 aliphatic carbocycles. The fourth-order valence-corrected chi connectivity index (χ4v) is 4.74. The summed E-state index contributed by atoms with van der Waals surface area (Å²) in [6.07, 6.45) is 0.706. The zero-order valence-corrected chi connectivity index (χ0v) is 21.3. The summed E-state index contributed by atoms with van der Waals surface area (Å²) < 4.78 is 0. The number of fused-ring (bicyclic) bond motifs is 1. The molecular formula is C29H31N5O3. The van der Waals surface area contributed by atoms with E-state index < -0.39 is 6.17 Å². The van der Waals surface area contributed by atoms with Crippen molar-refractivity contribution in [1.29, 1.82) is 0 Å². The van der Waals surface area contributed by atoms with Crippen LogP contribution >= 0.6 is 0 Å². The van der Waals surface area contributed by atoms with Crippen molar-refractivity contribution >= 4 is 45.7 Å². The third-order valence-electron chi connectivity index (χ3n) is 6.78. The quantitative estimate of drug-likeness (QED) is 0.471. The summed E-state index contributed by atoms with van der Waals surface area (Å²) >= 11 is 0. The van der Waals surface area contributed by atoms with Gasteiger partial charge in [0, 0.05) is 35.8 Å². The number of nitrogens with zero attached hydrogens (tertiary/aromatic N) is 3. The Kier molecular flexibility index (Phi) is 6.41. The summed E-state index contributed by atoms with van der Waals surface area (Å²) in [6, 6.07) is 21.0. The van der Waals surface area contributed by atoms with E-state index in [1.807, 2.05) is 71.7 Å². The van der Waals surface area contributed by atoms with Crippen LogP contribution in [0.2, 0.25) is 0 Å². The second kappa shape index (κ2) is 9.69. The van der Waals surface area contributed by atoms with E-state index >= 15 is 0 Å².